The molecule has 0 atom stereocenters. The summed E-state index contributed by atoms with van der Waals surface area (Å²) in [5.41, 5.74) is 2.19. The van der Waals surface area contributed by atoms with Gasteiger partial charge in [-0.25, -0.2) is 4.79 Å². The van der Waals surface area contributed by atoms with Crippen LogP contribution in [0.3, 0.4) is 0 Å². The van der Waals surface area contributed by atoms with Gasteiger partial charge in [0.15, 0.2) is 4.80 Å². The van der Waals surface area contributed by atoms with Crippen LogP contribution in [0.4, 0.5) is 0 Å². The largest absolute Gasteiger partial charge is 0.497 e. The summed E-state index contributed by atoms with van der Waals surface area (Å²) in [4.78, 5) is 29.4. The molecule has 0 aliphatic heterocycles. The van der Waals surface area contributed by atoms with E-state index in [4.69, 9.17) is 9.47 Å². The SMILES string of the molecule is C=CCn1c(=NC(=O)Cc2cccc(OC)c2)sc2cc(C(=O)OCC)ccc21. The number of fused-ring (bicyclic) bond motifs is 1. The highest BCUT2D eigenvalue weighted by atomic mass is 32.1. The molecule has 0 radical (unpaired) electrons. The Bertz CT molecular complexity index is 1130. The quantitative estimate of drug-likeness (QED) is 0.439. The molecule has 0 fully saturated rings. The Hall–Kier alpha value is -3.19. The van der Waals surface area contributed by atoms with E-state index in [0.717, 1.165) is 15.8 Å². The highest BCUT2D eigenvalue weighted by Crippen LogP contribution is 2.20. The van der Waals surface area contributed by atoms with E-state index < -0.39 is 0 Å². The summed E-state index contributed by atoms with van der Waals surface area (Å²) < 4.78 is 13.0. The number of rotatable bonds is 7. The number of thiazole rings is 1. The van der Waals surface area contributed by atoms with Gasteiger partial charge < -0.3 is 14.0 Å². The van der Waals surface area contributed by atoms with Crippen molar-refractivity contribution in [2.24, 2.45) is 4.99 Å². The monoisotopic (exact) mass is 410 g/mol. The number of amides is 1. The van der Waals surface area contributed by atoms with Crippen LogP contribution < -0.4 is 9.54 Å². The van der Waals surface area contributed by atoms with Gasteiger partial charge in [-0.3, -0.25) is 4.79 Å². The maximum Gasteiger partial charge on any atom is 0.338 e. The summed E-state index contributed by atoms with van der Waals surface area (Å²) >= 11 is 1.36. The molecule has 0 bridgehead atoms. The minimum atomic E-state index is -0.370. The molecule has 0 aliphatic carbocycles. The lowest BCUT2D eigenvalue weighted by Gasteiger charge is -2.04. The van der Waals surface area contributed by atoms with Crippen LogP contribution in [0.25, 0.3) is 10.2 Å². The van der Waals surface area contributed by atoms with Crippen molar-refractivity contribution in [2.45, 2.75) is 19.9 Å². The van der Waals surface area contributed by atoms with E-state index in [0.29, 0.717) is 29.3 Å². The lowest BCUT2D eigenvalue weighted by atomic mass is 10.1. The first-order valence-corrected chi connectivity index (χ1v) is 9.99. The third kappa shape index (κ3) is 4.81. The summed E-state index contributed by atoms with van der Waals surface area (Å²) in [6, 6.07) is 12.7. The van der Waals surface area contributed by atoms with Gasteiger partial charge in [0.25, 0.3) is 5.91 Å². The number of benzene rings is 2. The zero-order valence-corrected chi connectivity index (χ0v) is 17.2. The first-order chi connectivity index (χ1) is 14.0. The molecule has 0 saturated carbocycles. The second-order valence-corrected chi connectivity index (χ2v) is 7.23. The van der Waals surface area contributed by atoms with E-state index in [2.05, 4.69) is 11.6 Å². The number of aromatic nitrogens is 1. The Balaban J connectivity index is 1.97. The molecule has 7 heteroatoms. The van der Waals surface area contributed by atoms with Gasteiger partial charge in [-0.1, -0.05) is 29.5 Å². The van der Waals surface area contributed by atoms with Crippen molar-refractivity contribution in [3.8, 4) is 5.75 Å². The smallest absolute Gasteiger partial charge is 0.338 e. The summed E-state index contributed by atoms with van der Waals surface area (Å²) in [7, 11) is 1.59. The zero-order chi connectivity index (χ0) is 20.8. The molecule has 29 heavy (non-hydrogen) atoms. The molecular weight excluding hydrogens is 388 g/mol. The molecule has 3 aromatic rings. The summed E-state index contributed by atoms with van der Waals surface area (Å²) in [5.74, 6) is 0.0734. The predicted molar refractivity (Wildman–Crippen MR) is 113 cm³/mol. The fourth-order valence-corrected chi connectivity index (χ4v) is 4.00. The number of hydrogen-bond acceptors (Lipinski definition) is 5. The van der Waals surface area contributed by atoms with Gasteiger partial charge in [0.1, 0.15) is 5.75 Å². The average Bonchev–Trinajstić information content (AvgIpc) is 3.04. The fraction of sp³-hybridized carbons (Fsp3) is 0.227. The molecule has 0 aliphatic rings. The zero-order valence-electron chi connectivity index (χ0n) is 16.4. The third-order valence-corrected chi connectivity index (χ3v) is 5.26. The molecule has 3 rings (SSSR count). The van der Waals surface area contributed by atoms with Crippen molar-refractivity contribution < 1.29 is 19.1 Å². The van der Waals surface area contributed by atoms with Crippen molar-refractivity contribution in [3.05, 3.63) is 71.0 Å². The van der Waals surface area contributed by atoms with E-state index in [1.165, 1.54) is 11.3 Å². The van der Waals surface area contributed by atoms with Crippen LogP contribution in [-0.2, 0) is 22.5 Å². The molecule has 6 nitrogen and oxygen atoms in total. The Morgan fingerprint density at radius 3 is 2.79 bits per heavy atom. The topological polar surface area (TPSA) is 69.9 Å². The van der Waals surface area contributed by atoms with Gasteiger partial charge in [0.05, 0.1) is 35.9 Å². The first-order valence-electron chi connectivity index (χ1n) is 9.17. The van der Waals surface area contributed by atoms with E-state index in [1.807, 2.05) is 34.9 Å². The van der Waals surface area contributed by atoms with Crippen LogP contribution in [0.2, 0.25) is 0 Å². The van der Waals surface area contributed by atoms with Gasteiger partial charge in [0.2, 0.25) is 0 Å². The molecular formula is C22H22N2O4S. The minimum absolute atomic E-state index is 0.174. The Labute approximate surface area is 172 Å². The van der Waals surface area contributed by atoms with E-state index in [1.54, 1.807) is 32.2 Å². The number of ether oxygens (including phenoxy) is 2. The lowest BCUT2D eigenvalue weighted by molar-refractivity contribution is -0.117. The number of carbonyl (C=O) groups excluding carboxylic acids is 2. The van der Waals surface area contributed by atoms with Crippen molar-refractivity contribution in [1.82, 2.24) is 4.57 Å². The summed E-state index contributed by atoms with van der Waals surface area (Å²) in [5, 5.41) is 0. The van der Waals surface area contributed by atoms with Gasteiger partial charge in [-0.2, -0.15) is 4.99 Å². The maximum absolute atomic E-state index is 12.6. The van der Waals surface area contributed by atoms with Crippen LogP contribution in [0.15, 0.2) is 60.1 Å². The van der Waals surface area contributed by atoms with E-state index in [9.17, 15) is 9.59 Å². The number of hydrogen-bond donors (Lipinski definition) is 0. The second-order valence-electron chi connectivity index (χ2n) is 6.22. The molecule has 2 aromatic carbocycles. The Kier molecular flexibility index (Phi) is 6.61. The number of nitrogens with zero attached hydrogens (tertiary/aromatic N) is 2. The van der Waals surface area contributed by atoms with E-state index in [-0.39, 0.29) is 18.3 Å². The van der Waals surface area contributed by atoms with Crippen molar-refractivity contribution in [2.75, 3.05) is 13.7 Å². The van der Waals surface area contributed by atoms with Crippen LogP contribution in [0.5, 0.6) is 5.75 Å². The van der Waals surface area contributed by atoms with Gasteiger partial charge in [-0.15, -0.1) is 6.58 Å². The third-order valence-electron chi connectivity index (χ3n) is 4.22. The van der Waals surface area contributed by atoms with Crippen molar-refractivity contribution in [1.29, 1.82) is 0 Å². The van der Waals surface area contributed by atoms with Crippen LogP contribution in [-0.4, -0.2) is 30.2 Å². The Morgan fingerprint density at radius 2 is 2.07 bits per heavy atom. The lowest BCUT2D eigenvalue weighted by Crippen LogP contribution is -2.17. The van der Waals surface area contributed by atoms with Gasteiger partial charge >= 0.3 is 5.97 Å². The number of esters is 1. The molecule has 1 heterocycles. The van der Waals surface area contributed by atoms with Gasteiger partial charge in [0, 0.05) is 6.54 Å². The van der Waals surface area contributed by atoms with Crippen LogP contribution >= 0.6 is 11.3 Å². The molecule has 0 N–H and O–H groups in total. The van der Waals surface area contributed by atoms with Gasteiger partial charge in [-0.05, 0) is 42.8 Å². The minimum Gasteiger partial charge on any atom is -0.497 e. The highest BCUT2D eigenvalue weighted by molar-refractivity contribution is 7.16. The average molecular weight is 410 g/mol. The summed E-state index contributed by atoms with van der Waals surface area (Å²) in [6.07, 6.45) is 1.92. The highest BCUT2D eigenvalue weighted by Gasteiger charge is 2.12. The number of methoxy groups -OCH3 is 1. The fourth-order valence-electron chi connectivity index (χ4n) is 2.91. The first kappa shape index (κ1) is 20.5. The second kappa shape index (κ2) is 9.34. The molecule has 1 aromatic heterocycles. The van der Waals surface area contributed by atoms with E-state index >= 15 is 0 Å². The van der Waals surface area contributed by atoms with Crippen LogP contribution in [0.1, 0.15) is 22.8 Å². The maximum atomic E-state index is 12.6. The molecule has 0 unspecified atom stereocenters. The van der Waals surface area contributed by atoms with Crippen molar-refractivity contribution in [3.63, 3.8) is 0 Å². The standard InChI is InChI=1S/C22H22N2O4S/c1-4-11-24-18-10-9-16(21(26)28-5-2)14-19(18)29-22(24)23-20(25)13-15-7-6-8-17(12-15)27-3/h4,6-10,12,14H,1,5,11,13H2,2-3H3. The number of allylic oxidation sites excluding steroid dienone is 1. The predicted octanol–water partition coefficient (Wildman–Crippen LogP) is 3.74. The molecule has 0 saturated heterocycles. The molecule has 150 valence electrons. The Morgan fingerprint density at radius 1 is 1.24 bits per heavy atom. The summed E-state index contributed by atoms with van der Waals surface area (Å²) in [6.45, 7) is 6.38. The van der Waals surface area contributed by atoms with Crippen molar-refractivity contribution >= 4 is 33.4 Å². The molecule has 1 amide bonds. The number of carbonyl (C=O) groups is 2. The van der Waals surface area contributed by atoms with Crippen LogP contribution in [0, 0.1) is 0 Å². The normalized spacial score (nSPS) is 11.4. The molecule has 0 spiro atoms.